The van der Waals surface area contributed by atoms with Gasteiger partial charge in [-0.15, -0.1) is 0 Å². The number of sulfone groups is 1. The first-order valence-electron chi connectivity index (χ1n) is 6.47. The van der Waals surface area contributed by atoms with Crippen LogP contribution in [0, 0.1) is 5.92 Å². The maximum Gasteiger partial charge on any atom is 0.229 e. The molecule has 1 unspecified atom stereocenters. The van der Waals surface area contributed by atoms with Crippen LogP contribution in [0.2, 0.25) is 0 Å². The van der Waals surface area contributed by atoms with Gasteiger partial charge in [-0.1, -0.05) is 0 Å². The van der Waals surface area contributed by atoms with E-state index in [0.29, 0.717) is 12.2 Å². The third-order valence-electron chi connectivity index (χ3n) is 3.18. The third-order valence-corrected chi connectivity index (χ3v) is 4.95. The molecule has 1 amide bonds. The number of aromatic nitrogens is 1. The van der Waals surface area contributed by atoms with Gasteiger partial charge >= 0.3 is 0 Å². The number of hydrogen-bond donors (Lipinski definition) is 1. The lowest BCUT2D eigenvalue weighted by Gasteiger charge is -2.12. The second-order valence-corrected chi connectivity index (χ2v) is 7.61. The lowest BCUT2D eigenvalue weighted by Crippen LogP contribution is -2.24. The molecule has 1 aliphatic rings. The van der Waals surface area contributed by atoms with Gasteiger partial charge in [0.15, 0.2) is 9.84 Å². The van der Waals surface area contributed by atoms with Crippen molar-refractivity contribution in [3.05, 3.63) is 23.9 Å². The van der Waals surface area contributed by atoms with Crippen molar-refractivity contribution in [2.24, 2.45) is 5.92 Å². The monoisotopic (exact) mass is 297 g/mol. The smallest absolute Gasteiger partial charge is 0.229 e. The van der Waals surface area contributed by atoms with Crippen molar-refractivity contribution in [3.8, 4) is 0 Å². The highest BCUT2D eigenvalue weighted by Crippen LogP contribution is 2.20. The molecule has 0 bridgehead atoms. The number of pyridine rings is 1. The van der Waals surface area contributed by atoms with Crippen LogP contribution in [-0.4, -0.2) is 49.8 Å². The molecule has 1 saturated heterocycles. The molecule has 1 fully saturated rings. The van der Waals surface area contributed by atoms with Crippen LogP contribution in [0.15, 0.2) is 18.3 Å². The predicted octanol–water partition coefficient (Wildman–Crippen LogP) is 0.516. The van der Waals surface area contributed by atoms with Crippen LogP contribution in [0.3, 0.4) is 0 Å². The fourth-order valence-corrected chi connectivity index (χ4v) is 3.98. The molecule has 1 atom stereocenters. The maximum atomic E-state index is 12.0. The largest absolute Gasteiger partial charge is 0.310 e. The Hall–Kier alpha value is -1.47. The summed E-state index contributed by atoms with van der Waals surface area (Å²) in [6, 6.07) is 3.69. The molecule has 1 aromatic heterocycles. The molecule has 1 N–H and O–H groups in total. The fraction of sp³-hybridized carbons (Fsp3) is 0.538. The van der Waals surface area contributed by atoms with Crippen LogP contribution in [0.1, 0.15) is 12.0 Å². The highest BCUT2D eigenvalue weighted by molar-refractivity contribution is 7.91. The summed E-state index contributed by atoms with van der Waals surface area (Å²) < 4.78 is 22.7. The molecule has 0 aromatic carbocycles. The van der Waals surface area contributed by atoms with Gasteiger partial charge in [0, 0.05) is 12.7 Å². The number of amides is 1. The second-order valence-electron chi connectivity index (χ2n) is 5.38. The number of carbonyl (C=O) groups excluding carboxylic acids is 1. The Labute approximate surface area is 119 Å². The maximum absolute atomic E-state index is 12.0. The zero-order valence-corrected chi connectivity index (χ0v) is 12.5. The number of carbonyl (C=O) groups is 1. The zero-order chi connectivity index (χ0) is 14.8. The van der Waals surface area contributed by atoms with Crippen molar-refractivity contribution >= 4 is 21.6 Å². The van der Waals surface area contributed by atoms with Crippen molar-refractivity contribution in [1.82, 2.24) is 9.88 Å². The van der Waals surface area contributed by atoms with E-state index in [4.69, 9.17) is 0 Å². The molecule has 0 aliphatic carbocycles. The van der Waals surface area contributed by atoms with E-state index in [9.17, 15) is 13.2 Å². The fourth-order valence-electron chi connectivity index (χ4n) is 2.24. The van der Waals surface area contributed by atoms with Gasteiger partial charge in [-0.2, -0.15) is 0 Å². The van der Waals surface area contributed by atoms with E-state index >= 15 is 0 Å². The van der Waals surface area contributed by atoms with E-state index in [-0.39, 0.29) is 17.4 Å². The Bertz CT molecular complexity index is 599. The number of rotatable bonds is 4. The summed E-state index contributed by atoms with van der Waals surface area (Å²) in [4.78, 5) is 18.1. The van der Waals surface area contributed by atoms with Crippen LogP contribution >= 0.6 is 0 Å². The number of nitrogens with one attached hydrogen (secondary N) is 1. The summed E-state index contributed by atoms with van der Waals surface area (Å²) in [6.45, 7) is 0.753. The van der Waals surface area contributed by atoms with E-state index in [1.807, 2.05) is 25.1 Å². The molecule has 1 aromatic rings. The van der Waals surface area contributed by atoms with E-state index in [2.05, 4.69) is 10.3 Å². The Morgan fingerprint density at radius 1 is 1.50 bits per heavy atom. The molecular formula is C13H19N3O3S. The van der Waals surface area contributed by atoms with Gasteiger partial charge in [0.2, 0.25) is 5.91 Å². The summed E-state index contributed by atoms with van der Waals surface area (Å²) in [5.41, 5.74) is 1.04. The van der Waals surface area contributed by atoms with Gasteiger partial charge in [-0.05, 0) is 38.2 Å². The SMILES string of the molecule is CN(C)Cc1ccnc(NC(=O)C2CCS(=O)(=O)C2)c1. The Kier molecular flexibility index (Phi) is 4.39. The molecule has 7 heteroatoms. The molecular weight excluding hydrogens is 278 g/mol. The average molecular weight is 297 g/mol. The van der Waals surface area contributed by atoms with Gasteiger partial charge in [0.1, 0.15) is 5.82 Å². The first-order chi connectivity index (χ1) is 9.35. The minimum atomic E-state index is -3.04. The van der Waals surface area contributed by atoms with E-state index in [1.54, 1.807) is 12.3 Å². The minimum Gasteiger partial charge on any atom is -0.310 e. The summed E-state index contributed by atoms with van der Waals surface area (Å²) >= 11 is 0. The summed E-state index contributed by atoms with van der Waals surface area (Å²) in [5.74, 6) is -0.214. The normalized spacial score (nSPS) is 21.1. The number of nitrogens with zero attached hydrogens (tertiary/aromatic N) is 2. The number of hydrogen-bond acceptors (Lipinski definition) is 5. The van der Waals surface area contributed by atoms with Crippen molar-refractivity contribution in [3.63, 3.8) is 0 Å². The molecule has 110 valence electrons. The lowest BCUT2D eigenvalue weighted by atomic mass is 10.1. The minimum absolute atomic E-state index is 0.0593. The quantitative estimate of drug-likeness (QED) is 0.876. The van der Waals surface area contributed by atoms with Crippen LogP contribution in [0.5, 0.6) is 0 Å². The van der Waals surface area contributed by atoms with Crippen LogP contribution in [-0.2, 0) is 21.2 Å². The Balaban J connectivity index is 2.01. The zero-order valence-electron chi connectivity index (χ0n) is 11.7. The predicted molar refractivity (Wildman–Crippen MR) is 77.0 cm³/mol. The van der Waals surface area contributed by atoms with Crippen LogP contribution in [0.25, 0.3) is 0 Å². The lowest BCUT2D eigenvalue weighted by molar-refractivity contribution is -0.119. The van der Waals surface area contributed by atoms with E-state index in [1.165, 1.54) is 0 Å². The third kappa shape index (κ3) is 4.01. The van der Waals surface area contributed by atoms with Gasteiger partial charge < -0.3 is 10.2 Å². The average Bonchev–Trinajstić information content (AvgIpc) is 2.69. The van der Waals surface area contributed by atoms with Gasteiger partial charge in [-0.3, -0.25) is 4.79 Å². The molecule has 0 saturated carbocycles. The van der Waals surface area contributed by atoms with Crippen molar-refractivity contribution < 1.29 is 13.2 Å². The first-order valence-corrected chi connectivity index (χ1v) is 8.29. The van der Waals surface area contributed by atoms with Crippen LogP contribution < -0.4 is 5.32 Å². The molecule has 0 radical (unpaired) electrons. The highest BCUT2D eigenvalue weighted by atomic mass is 32.2. The van der Waals surface area contributed by atoms with Gasteiger partial charge in [0.25, 0.3) is 0 Å². The van der Waals surface area contributed by atoms with Crippen molar-refractivity contribution in [2.75, 3.05) is 30.9 Å². The summed E-state index contributed by atoms with van der Waals surface area (Å²) in [5, 5.41) is 2.70. The summed E-state index contributed by atoms with van der Waals surface area (Å²) in [6.07, 6.45) is 2.03. The van der Waals surface area contributed by atoms with Gasteiger partial charge in [0.05, 0.1) is 17.4 Å². The molecule has 2 heterocycles. The number of anilines is 1. The molecule has 20 heavy (non-hydrogen) atoms. The highest BCUT2D eigenvalue weighted by Gasteiger charge is 2.33. The Morgan fingerprint density at radius 3 is 2.85 bits per heavy atom. The topological polar surface area (TPSA) is 79.4 Å². The van der Waals surface area contributed by atoms with Gasteiger partial charge in [-0.25, -0.2) is 13.4 Å². The molecule has 1 aliphatic heterocycles. The van der Waals surface area contributed by atoms with E-state index in [0.717, 1.165) is 12.1 Å². The molecule has 6 nitrogen and oxygen atoms in total. The Morgan fingerprint density at radius 2 is 2.25 bits per heavy atom. The summed E-state index contributed by atoms with van der Waals surface area (Å²) in [7, 11) is 0.876. The molecule has 2 rings (SSSR count). The standard InChI is InChI=1S/C13H19N3O3S/c1-16(2)8-10-3-5-14-12(7-10)15-13(17)11-4-6-20(18,19)9-11/h3,5,7,11H,4,6,8-9H2,1-2H3,(H,14,15,17). The molecule has 0 spiro atoms. The second kappa shape index (κ2) is 5.88. The van der Waals surface area contributed by atoms with Crippen molar-refractivity contribution in [2.45, 2.75) is 13.0 Å². The van der Waals surface area contributed by atoms with Crippen molar-refractivity contribution in [1.29, 1.82) is 0 Å². The van der Waals surface area contributed by atoms with E-state index < -0.39 is 15.8 Å². The first kappa shape index (κ1) is 14.9. The van der Waals surface area contributed by atoms with Crippen LogP contribution in [0.4, 0.5) is 5.82 Å².